The van der Waals surface area contributed by atoms with Crippen molar-refractivity contribution >= 4 is 11.0 Å². The second-order valence-corrected chi connectivity index (χ2v) is 7.43. The lowest BCUT2D eigenvalue weighted by molar-refractivity contribution is 0.182. The molecule has 2 fully saturated rings. The maximum atomic E-state index is 6.09. The SMILES string of the molecule is c1ccc2[nH]c(C3CCCN(Cc4ccc(C5CCNN5)o4)C3)nc2c1. The van der Waals surface area contributed by atoms with E-state index in [1.807, 2.05) is 6.07 Å². The Balaban J connectivity index is 1.27. The van der Waals surface area contributed by atoms with Crippen molar-refractivity contribution in [1.82, 2.24) is 25.7 Å². The molecule has 6 nitrogen and oxygen atoms in total. The van der Waals surface area contributed by atoms with Gasteiger partial charge in [0.15, 0.2) is 0 Å². The zero-order valence-corrected chi connectivity index (χ0v) is 14.9. The molecular weight excluding hydrogens is 326 g/mol. The Morgan fingerprint density at radius 3 is 3.00 bits per heavy atom. The summed E-state index contributed by atoms with van der Waals surface area (Å²) >= 11 is 0. The fourth-order valence-corrected chi connectivity index (χ4v) is 4.17. The summed E-state index contributed by atoms with van der Waals surface area (Å²) in [5, 5.41) is 0. The lowest BCUT2D eigenvalue weighted by Crippen LogP contribution is -2.34. The number of aromatic amines is 1. The normalized spacial score (nSPS) is 24.5. The van der Waals surface area contributed by atoms with Crippen LogP contribution < -0.4 is 10.9 Å². The first kappa shape index (κ1) is 16.1. The molecule has 0 bridgehead atoms. The first-order chi connectivity index (χ1) is 12.8. The van der Waals surface area contributed by atoms with Crippen molar-refractivity contribution < 1.29 is 4.42 Å². The number of nitrogens with zero attached hydrogens (tertiary/aromatic N) is 2. The van der Waals surface area contributed by atoms with Crippen LogP contribution in [-0.2, 0) is 6.54 Å². The minimum absolute atomic E-state index is 0.299. The number of hydrogen-bond donors (Lipinski definition) is 3. The molecule has 2 aliphatic rings. The van der Waals surface area contributed by atoms with Crippen LogP contribution in [0.2, 0.25) is 0 Å². The van der Waals surface area contributed by atoms with E-state index in [-0.39, 0.29) is 0 Å². The van der Waals surface area contributed by atoms with Gasteiger partial charge in [0.05, 0.1) is 23.6 Å². The Morgan fingerprint density at radius 1 is 1.15 bits per heavy atom. The highest BCUT2D eigenvalue weighted by molar-refractivity contribution is 5.74. The summed E-state index contributed by atoms with van der Waals surface area (Å²) in [6.07, 6.45) is 3.46. The summed E-state index contributed by atoms with van der Waals surface area (Å²) in [4.78, 5) is 10.8. The zero-order valence-electron chi connectivity index (χ0n) is 14.9. The number of aromatic nitrogens is 2. The molecule has 0 radical (unpaired) electrons. The smallest absolute Gasteiger partial charge is 0.122 e. The molecule has 3 N–H and O–H groups in total. The molecule has 5 rings (SSSR count). The van der Waals surface area contributed by atoms with E-state index >= 15 is 0 Å². The Labute approximate surface area is 152 Å². The molecule has 0 aliphatic carbocycles. The maximum Gasteiger partial charge on any atom is 0.122 e. The van der Waals surface area contributed by atoms with Crippen LogP contribution in [0.1, 0.15) is 48.6 Å². The van der Waals surface area contributed by atoms with Crippen molar-refractivity contribution in [3.8, 4) is 0 Å². The Morgan fingerprint density at radius 2 is 2.12 bits per heavy atom. The first-order valence-corrected chi connectivity index (χ1v) is 9.59. The molecule has 0 amide bonds. The molecular formula is C20H25N5O. The van der Waals surface area contributed by atoms with E-state index in [2.05, 4.69) is 51.1 Å². The summed E-state index contributed by atoms with van der Waals surface area (Å²) in [5.41, 5.74) is 8.62. The average molecular weight is 351 g/mol. The number of fused-ring (bicyclic) bond motifs is 1. The van der Waals surface area contributed by atoms with Crippen LogP contribution in [0.3, 0.4) is 0 Å². The summed E-state index contributed by atoms with van der Waals surface area (Å²) in [6, 6.07) is 12.8. The third-order valence-electron chi connectivity index (χ3n) is 5.54. The number of furan rings is 1. The third-order valence-corrected chi connectivity index (χ3v) is 5.54. The van der Waals surface area contributed by atoms with Gasteiger partial charge in [-0.1, -0.05) is 12.1 Å². The van der Waals surface area contributed by atoms with Gasteiger partial charge in [0, 0.05) is 19.0 Å². The average Bonchev–Trinajstić information content (AvgIpc) is 3.41. The molecule has 2 aromatic heterocycles. The lowest BCUT2D eigenvalue weighted by atomic mass is 9.97. The van der Waals surface area contributed by atoms with E-state index in [0.717, 1.165) is 61.0 Å². The molecule has 26 heavy (non-hydrogen) atoms. The maximum absolute atomic E-state index is 6.09. The number of nitrogens with one attached hydrogen (secondary N) is 3. The van der Waals surface area contributed by atoms with E-state index in [1.54, 1.807) is 0 Å². The van der Waals surface area contributed by atoms with Gasteiger partial charge >= 0.3 is 0 Å². The Hall–Kier alpha value is -2.15. The second-order valence-electron chi connectivity index (χ2n) is 7.43. The van der Waals surface area contributed by atoms with Gasteiger partial charge in [0.25, 0.3) is 0 Å². The molecule has 3 aromatic rings. The van der Waals surface area contributed by atoms with Crippen LogP contribution in [0.4, 0.5) is 0 Å². The van der Waals surface area contributed by atoms with Crippen molar-refractivity contribution in [2.45, 2.75) is 37.8 Å². The summed E-state index contributed by atoms with van der Waals surface area (Å²) in [5.74, 6) is 3.68. The Kier molecular flexibility index (Phi) is 4.24. The fourth-order valence-electron chi connectivity index (χ4n) is 4.17. The van der Waals surface area contributed by atoms with Gasteiger partial charge in [-0.15, -0.1) is 0 Å². The fraction of sp³-hybridized carbons (Fsp3) is 0.450. The molecule has 2 atom stereocenters. The predicted molar refractivity (Wildman–Crippen MR) is 101 cm³/mol. The van der Waals surface area contributed by atoms with Crippen LogP contribution in [0.5, 0.6) is 0 Å². The van der Waals surface area contributed by atoms with E-state index in [9.17, 15) is 0 Å². The highest BCUT2D eigenvalue weighted by Gasteiger charge is 2.25. The minimum Gasteiger partial charge on any atom is -0.463 e. The van der Waals surface area contributed by atoms with Crippen LogP contribution in [-0.4, -0.2) is 34.5 Å². The van der Waals surface area contributed by atoms with Gasteiger partial charge in [-0.3, -0.25) is 10.3 Å². The number of piperidine rings is 1. The zero-order chi connectivity index (χ0) is 17.3. The predicted octanol–water partition coefficient (Wildman–Crippen LogP) is 3.07. The molecule has 6 heteroatoms. The first-order valence-electron chi connectivity index (χ1n) is 9.59. The third kappa shape index (κ3) is 3.16. The number of H-pyrrole nitrogens is 1. The molecule has 2 saturated heterocycles. The summed E-state index contributed by atoms with van der Waals surface area (Å²) in [7, 11) is 0. The number of hydrazine groups is 1. The molecule has 2 aliphatic heterocycles. The molecule has 0 saturated carbocycles. The molecule has 136 valence electrons. The van der Waals surface area contributed by atoms with Crippen molar-refractivity contribution in [3.05, 3.63) is 53.7 Å². The number of rotatable bonds is 4. The molecule has 0 spiro atoms. The van der Waals surface area contributed by atoms with Crippen molar-refractivity contribution in [1.29, 1.82) is 0 Å². The standard InChI is InChI=1S/C20H25N5O/c1-2-6-17-16(5-1)22-20(23-17)14-4-3-11-25(12-14)13-15-7-8-19(26-15)18-9-10-21-24-18/h1-2,5-8,14,18,21,24H,3-4,9-13H2,(H,22,23). The van der Waals surface area contributed by atoms with Gasteiger partial charge in [-0.25, -0.2) is 10.4 Å². The van der Waals surface area contributed by atoms with Crippen LogP contribution in [0.15, 0.2) is 40.8 Å². The summed E-state index contributed by atoms with van der Waals surface area (Å²) in [6.45, 7) is 4.01. The highest BCUT2D eigenvalue weighted by atomic mass is 16.3. The quantitative estimate of drug-likeness (QED) is 0.674. The number of imidazole rings is 1. The Bertz CT molecular complexity index is 846. The largest absolute Gasteiger partial charge is 0.463 e. The number of likely N-dealkylation sites (tertiary alicyclic amines) is 1. The van der Waals surface area contributed by atoms with E-state index in [1.165, 1.54) is 12.8 Å². The van der Waals surface area contributed by atoms with E-state index in [0.29, 0.717) is 12.0 Å². The number of benzene rings is 1. The molecule has 4 heterocycles. The van der Waals surface area contributed by atoms with E-state index < -0.39 is 0 Å². The number of hydrogen-bond acceptors (Lipinski definition) is 5. The van der Waals surface area contributed by atoms with Crippen LogP contribution >= 0.6 is 0 Å². The van der Waals surface area contributed by atoms with Gasteiger partial charge in [0.1, 0.15) is 17.3 Å². The highest BCUT2D eigenvalue weighted by Crippen LogP contribution is 2.28. The van der Waals surface area contributed by atoms with E-state index in [4.69, 9.17) is 9.40 Å². The summed E-state index contributed by atoms with van der Waals surface area (Å²) < 4.78 is 6.09. The van der Waals surface area contributed by atoms with Crippen molar-refractivity contribution in [2.24, 2.45) is 0 Å². The second kappa shape index (κ2) is 6.87. The lowest BCUT2D eigenvalue weighted by Gasteiger charge is -2.31. The van der Waals surface area contributed by atoms with Gasteiger partial charge in [-0.2, -0.15) is 0 Å². The van der Waals surface area contributed by atoms with Crippen LogP contribution in [0, 0.1) is 0 Å². The minimum atomic E-state index is 0.299. The monoisotopic (exact) mass is 351 g/mol. The van der Waals surface area contributed by atoms with Gasteiger partial charge < -0.3 is 9.40 Å². The van der Waals surface area contributed by atoms with Crippen molar-refractivity contribution in [2.75, 3.05) is 19.6 Å². The molecule has 1 aromatic carbocycles. The number of para-hydroxylation sites is 2. The van der Waals surface area contributed by atoms with Crippen LogP contribution in [0.25, 0.3) is 11.0 Å². The topological polar surface area (TPSA) is 69.1 Å². The van der Waals surface area contributed by atoms with Crippen molar-refractivity contribution in [3.63, 3.8) is 0 Å². The van der Waals surface area contributed by atoms with Gasteiger partial charge in [0.2, 0.25) is 0 Å². The van der Waals surface area contributed by atoms with Gasteiger partial charge in [-0.05, 0) is 50.1 Å². The molecule has 2 unspecified atom stereocenters.